The summed E-state index contributed by atoms with van der Waals surface area (Å²) in [5.74, 6) is 0. The van der Waals surface area contributed by atoms with Gasteiger partial charge in [0.05, 0.1) is 0 Å². The number of halogens is 1. The summed E-state index contributed by atoms with van der Waals surface area (Å²) in [6.07, 6.45) is 7.17. The van der Waals surface area contributed by atoms with Crippen LogP contribution in [0.3, 0.4) is 0 Å². The van der Waals surface area contributed by atoms with E-state index in [1.165, 1.54) is 57.9 Å². The van der Waals surface area contributed by atoms with Crippen LogP contribution in [-0.2, 0) is 19.4 Å². The molecular formula is C18H42ClN3Ti. The molecule has 0 amide bonds. The molecule has 0 aromatic rings. The first-order valence-corrected chi connectivity index (χ1v) is 11.5. The second kappa shape index (κ2) is 43.4. The van der Waals surface area contributed by atoms with Gasteiger partial charge in [0, 0.05) is 0 Å². The zero-order valence-electron chi connectivity index (χ0n) is 16.7. The maximum absolute atomic E-state index is 4.64. The molecule has 0 unspecified atom stereocenters. The van der Waals surface area contributed by atoms with E-state index in [2.05, 4.69) is 66.8 Å². The molecule has 0 aromatic carbocycles. The molecule has 0 bridgehead atoms. The Labute approximate surface area is 163 Å². The quantitative estimate of drug-likeness (QED) is 0.252. The van der Waals surface area contributed by atoms with Crippen LogP contribution in [-0.4, -0.2) is 39.3 Å². The molecule has 0 radical (unpaired) electrons. The number of hydrogen-bond acceptors (Lipinski definition) is 0. The van der Waals surface area contributed by atoms with Crippen molar-refractivity contribution in [3.63, 3.8) is 0 Å². The van der Waals surface area contributed by atoms with Gasteiger partial charge in [-0.2, -0.15) is 0 Å². The van der Waals surface area contributed by atoms with Crippen molar-refractivity contribution in [3.05, 3.63) is 16.0 Å². The molecule has 0 heterocycles. The van der Waals surface area contributed by atoms with Crippen LogP contribution in [0.1, 0.15) is 80.1 Å². The van der Waals surface area contributed by atoms with Crippen molar-refractivity contribution in [2.24, 2.45) is 0 Å². The van der Waals surface area contributed by atoms with Crippen molar-refractivity contribution in [1.82, 2.24) is 0 Å². The number of nitrogens with zero attached hydrogens (tertiary/aromatic N) is 3. The van der Waals surface area contributed by atoms with Crippen LogP contribution in [0.5, 0.6) is 0 Å². The average molecular weight is 384 g/mol. The molecule has 0 aliphatic carbocycles. The van der Waals surface area contributed by atoms with Gasteiger partial charge in [-0.1, -0.05) is 80.1 Å². The van der Waals surface area contributed by atoms with Gasteiger partial charge in [-0.25, -0.2) is 0 Å². The van der Waals surface area contributed by atoms with E-state index in [1.54, 1.807) is 0 Å². The Morgan fingerprint density at radius 3 is 0.652 bits per heavy atom. The fourth-order valence-electron chi connectivity index (χ4n) is 1.28. The van der Waals surface area contributed by atoms with E-state index >= 15 is 0 Å². The van der Waals surface area contributed by atoms with E-state index in [0.29, 0.717) is 0 Å². The molecule has 0 aliphatic rings. The molecule has 0 saturated carbocycles. The molecule has 0 fully saturated rings. The zero-order valence-corrected chi connectivity index (χ0v) is 19.0. The van der Waals surface area contributed by atoms with Gasteiger partial charge in [-0.15, -0.1) is 39.3 Å². The summed E-state index contributed by atoms with van der Waals surface area (Å²) in [6, 6.07) is 0. The van der Waals surface area contributed by atoms with Crippen molar-refractivity contribution in [1.29, 1.82) is 0 Å². The topological polar surface area (TPSA) is 42.3 Å². The van der Waals surface area contributed by atoms with E-state index in [1.807, 2.05) is 0 Å². The number of rotatable bonds is 12. The van der Waals surface area contributed by atoms with Gasteiger partial charge in [0.25, 0.3) is 0 Å². The molecule has 0 rings (SSSR count). The van der Waals surface area contributed by atoms with Gasteiger partial charge in [-0.3, -0.25) is 0 Å². The summed E-state index contributed by atoms with van der Waals surface area (Å²) in [5, 5.41) is 12.6. The van der Waals surface area contributed by atoms with Crippen LogP contribution in [0, 0.1) is 0 Å². The van der Waals surface area contributed by atoms with Gasteiger partial charge in [0.1, 0.15) is 0 Å². The molecule has 5 heteroatoms. The normalized spacial score (nSPS) is 8.91. The van der Waals surface area contributed by atoms with Crippen LogP contribution in [0.2, 0.25) is 0 Å². The Kier molecular flexibility index (Phi) is 59.7. The van der Waals surface area contributed by atoms with Crippen LogP contribution in [0.4, 0.5) is 0 Å². The van der Waals surface area contributed by atoms with Gasteiger partial charge in [-0.05, 0) is 0 Å². The summed E-state index contributed by atoms with van der Waals surface area (Å²) in [6.45, 7) is 19.2. The second-order valence-electron chi connectivity index (χ2n) is 5.01. The number of hydrogen-bond donors (Lipinski definition) is 0. The standard InChI is InChI=1S/3C6H14N.ClH.Ti/c3*1-3-5-7-6-4-2;;/h3*3-6H2,1-2H3;1H;/q3*-1;;+4/p-1. The summed E-state index contributed by atoms with van der Waals surface area (Å²) in [7, 11) is 4.64. The first-order chi connectivity index (χ1) is 11.2. The van der Waals surface area contributed by atoms with Gasteiger partial charge >= 0.3 is 28.7 Å². The first-order valence-electron chi connectivity index (χ1n) is 9.33. The molecule has 0 N–H and O–H groups in total. The van der Waals surface area contributed by atoms with E-state index in [-0.39, 0.29) is 0 Å². The van der Waals surface area contributed by atoms with Crippen LogP contribution in [0.15, 0.2) is 0 Å². The Bertz CT molecular complexity index is 106. The Hall–Kier alpha value is 0.884. The van der Waals surface area contributed by atoms with Crippen LogP contribution < -0.4 is 0 Å². The SMILES string of the molecule is CCC[N-]CCC.CCC[N-]CCC.CCC[N-]CCC.[Cl][Ti+3]. The first kappa shape index (κ1) is 31.6. The van der Waals surface area contributed by atoms with Crippen LogP contribution >= 0.6 is 9.30 Å². The second-order valence-corrected chi connectivity index (χ2v) is 5.01. The molecular weight excluding hydrogens is 342 g/mol. The fraction of sp³-hybridized carbons (Fsp3) is 1.00. The third-order valence-corrected chi connectivity index (χ3v) is 2.29. The summed E-state index contributed by atoms with van der Waals surface area (Å²) in [4.78, 5) is 0. The molecule has 0 atom stereocenters. The molecule has 0 saturated heterocycles. The molecule has 140 valence electrons. The van der Waals surface area contributed by atoms with E-state index < -0.39 is 0 Å². The molecule has 0 aliphatic heterocycles. The van der Waals surface area contributed by atoms with Gasteiger partial charge in [0.2, 0.25) is 0 Å². The van der Waals surface area contributed by atoms with Crippen molar-refractivity contribution in [2.75, 3.05) is 39.3 Å². The van der Waals surface area contributed by atoms with E-state index in [0.717, 1.165) is 39.3 Å². The summed E-state index contributed by atoms with van der Waals surface area (Å²) < 4.78 is 0. The predicted molar refractivity (Wildman–Crippen MR) is 107 cm³/mol. The van der Waals surface area contributed by atoms with Crippen molar-refractivity contribution < 1.29 is 19.4 Å². The Balaban J connectivity index is -0.000000111. The summed E-state index contributed by atoms with van der Waals surface area (Å²) in [5.41, 5.74) is 0. The van der Waals surface area contributed by atoms with Gasteiger partial charge in [0.15, 0.2) is 0 Å². The predicted octanol–water partition coefficient (Wildman–Crippen LogP) is 7.23. The minimum absolute atomic E-state index is 1.05. The summed E-state index contributed by atoms with van der Waals surface area (Å²) >= 11 is 1.47. The average Bonchev–Trinajstić information content (AvgIpc) is 2.59. The van der Waals surface area contributed by atoms with E-state index in [9.17, 15) is 0 Å². The third-order valence-electron chi connectivity index (χ3n) is 2.29. The molecule has 3 nitrogen and oxygen atoms in total. The Morgan fingerprint density at radius 1 is 0.435 bits per heavy atom. The van der Waals surface area contributed by atoms with Crippen molar-refractivity contribution >= 4 is 9.30 Å². The van der Waals surface area contributed by atoms with E-state index in [4.69, 9.17) is 0 Å². The third kappa shape index (κ3) is 60.1. The zero-order chi connectivity index (χ0) is 18.6. The molecule has 0 aromatic heterocycles. The Morgan fingerprint density at radius 2 is 0.565 bits per heavy atom. The minimum atomic E-state index is 1.05. The van der Waals surface area contributed by atoms with Crippen molar-refractivity contribution in [2.45, 2.75) is 80.1 Å². The van der Waals surface area contributed by atoms with Crippen molar-refractivity contribution in [3.8, 4) is 0 Å². The molecule has 23 heavy (non-hydrogen) atoms. The van der Waals surface area contributed by atoms with Crippen LogP contribution in [0.25, 0.3) is 16.0 Å². The van der Waals surface area contributed by atoms with Gasteiger partial charge < -0.3 is 16.0 Å². The monoisotopic (exact) mass is 383 g/mol. The molecule has 0 spiro atoms. The fourth-order valence-corrected chi connectivity index (χ4v) is 1.28. The maximum atomic E-state index is 4.64.